The quantitative estimate of drug-likeness (QED) is 0.178. The number of hydrogen-bond donors (Lipinski definition) is 1. The number of fused-ring (bicyclic) bond motifs is 11. The van der Waals surface area contributed by atoms with E-state index in [-0.39, 0.29) is 29.0 Å². The second-order valence-electron chi connectivity index (χ2n) is 12.5. The molecule has 0 saturated heterocycles. The monoisotopic (exact) mass is 813 g/mol. The Hall–Kier alpha value is -6.08. The zero-order valence-electron chi connectivity index (χ0n) is 28.0. The Morgan fingerprint density at radius 2 is 0.717 bits per heavy atom. The average Bonchev–Trinajstić information content (AvgIpc) is 4.07. The molecule has 0 spiro atoms. The summed E-state index contributed by atoms with van der Waals surface area (Å²) in [6, 6.07) is 29.8. The first-order valence-corrected chi connectivity index (χ1v) is 20.5. The molecule has 8 aromatic heterocycles. The van der Waals surface area contributed by atoms with Crippen LogP contribution in [0.3, 0.4) is 0 Å². The van der Waals surface area contributed by atoms with Gasteiger partial charge in [-0.15, -0.1) is 0 Å². The molecule has 10 heterocycles. The van der Waals surface area contributed by atoms with Crippen molar-refractivity contribution in [3.8, 4) is 44.5 Å². The second kappa shape index (κ2) is 13.5. The molecule has 9 heteroatoms. The molecule has 10 rings (SSSR count). The third-order valence-electron chi connectivity index (χ3n) is 9.28. The molecule has 7 nitrogen and oxygen atoms in total. The molecular weight excluding hydrogens is 784 g/mol. The van der Waals surface area contributed by atoms with E-state index in [2.05, 4.69) is 110 Å². The molecule has 0 fully saturated rings. The standard InChI is InChI=1S/C44H27N7Se2/c1-5-27(23-45-19-1)41-33-11-9-31(49-33)32-10-12-34(50-32)42(28-6-2-20-46-24-28)38-16-18-40(53-38)44(30-8-4-22-48-26-30)36-14-13-35(51-36)43(29-7-3-21-47-25-29)39-17-15-37(41)52-39/h1-26,49H. The molecule has 0 aromatic carbocycles. The molecule has 10 bridgehead atoms. The number of aromatic amines is 1. The van der Waals surface area contributed by atoms with Crippen molar-refractivity contribution in [3.63, 3.8) is 0 Å². The van der Waals surface area contributed by atoms with E-state index >= 15 is 0 Å². The molecule has 0 aliphatic carbocycles. The first-order chi connectivity index (χ1) is 26.3. The van der Waals surface area contributed by atoms with Gasteiger partial charge in [-0.2, -0.15) is 0 Å². The number of nitrogens with one attached hydrogen (secondary N) is 1. The number of H-pyrrole nitrogens is 1. The zero-order valence-corrected chi connectivity index (χ0v) is 31.4. The van der Waals surface area contributed by atoms with Crippen molar-refractivity contribution >= 4 is 81.4 Å². The summed E-state index contributed by atoms with van der Waals surface area (Å²) in [6.45, 7) is 0. The minimum atomic E-state index is -0.0590. The van der Waals surface area contributed by atoms with Crippen molar-refractivity contribution in [1.29, 1.82) is 0 Å². The van der Waals surface area contributed by atoms with Gasteiger partial charge in [0.2, 0.25) is 0 Å². The zero-order chi connectivity index (χ0) is 35.1. The number of pyridine rings is 4. The Morgan fingerprint density at radius 1 is 0.358 bits per heavy atom. The maximum atomic E-state index is 5.43. The van der Waals surface area contributed by atoms with E-state index in [1.807, 2.05) is 73.8 Å². The van der Waals surface area contributed by atoms with Crippen LogP contribution in [-0.4, -0.2) is 63.9 Å². The van der Waals surface area contributed by atoms with Gasteiger partial charge in [-0.3, -0.25) is 0 Å². The third kappa shape index (κ3) is 5.86. The van der Waals surface area contributed by atoms with Gasteiger partial charge in [0.05, 0.1) is 0 Å². The number of hydrogen-bond acceptors (Lipinski definition) is 6. The van der Waals surface area contributed by atoms with Crippen LogP contribution < -0.4 is 0 Å². The summed E-state index contributed by atoms with van der Waals surface area (Å²) >= 11 is -0.106. The fourth-order valence-electron chi connectivity index (χ4n) is 6.92. The van der Waals surface area contributed by atoms with Crippen molar-refractivity contribution in [3.05, 3.63) is 157 Å². The van der Waals surface area contributed by atoms with Crippen molar-refractivity contribution in [2.75, 3.05) is 0 Å². The van der Waals surface area contributed by atoms with Crippen LogP contribution in [0.4, 0.5) is 0 Å². The van der Waals surface area contributed by atoms with E-state index < -0.39 is 0 Å². The summed E-state index contributed by atoms with van der Waals surface area (Å²) in [7, 11) is 0. The van der Waals surface area contributed by atoms with Gasteiger partial charge >= 0.3 is 318 Å². The molecule has 0 atom stereocenters. The maximum absolute atomic E-state index is 5.43. The van der Waals surface area contributed by atoms with Crippen LogP contribution in [0.2, 0.25) is 0 Å². The van der Waals surface area contributed by atoms with Crippen LogP contribution in [0.1, 0.15) is 22.8 Å². The van der Waals surface area contributed by atoms with Crippen LogP contribution in [0, 0.1) is 0 Å². The van der Waals surface area contributed by atoms with Crippen molar-refractivity contribution in [2.45, 2.75) is 0 Å². The number of aromatic nitrogens is 7. The summed E-state index contributed by atoms with van der Waals surface area (Å²) in [5.41, 5.74) is 14.2. The molecule has 2 aliphatic heterocycles. The second-order valence-corrected chi connectivity index (χ2v) is 17.1. The molecule has 1 N–H and O–H groups in total. The van der Waals surface area contributed by atoms with Gasteiger partial charge in [0, 0.05) is 0 Å². The van der Waals surface area contributed by atoms with E-state index in [1.54, 1.807) is 0 Å². The predicted molar refractivity (Wildman–Crippen MR) is 218 cm³/mol. The molecule has 0 saturated carbocycles. The van der Waals surface area contributed by atoms with Gasteiger partial charge in [-0.05, 0) is 0 Å². The van der Waals surface area contributed by atoms with E-state index in [0.717, 1.165) is 78.3 Å². The van der Waals surface area contributed by atoms with Crippen LogP contribution >= 0.6 is 0 Å². The summed E-state index contributed by atoms with van der Waals surface area (Å²) in [6.07, 6.45) is 23.6. The molecular formula is C44H27N7Se2. The first kappa shape index (κ1) is 31.6. The molecule has 0 amide bonds. The van der Waals surface area contributed by atoms with Crippen LogP contribution in [0.5, 0.6) is 0 Å². The fourth-order valence-corrected chi connectivity index (χ4v) is 11.8. The number of nitrogens with zero attached hydrogens (tertiary/aromatic N) is 6. The summed E-state index contributed by atoms with van der Waals surface area (Å²) in [4.78, 5) is 32.5. The molecule has 8 aromatic rings. The Labute approximate surface area is 316 Å². The molecule has 0 radical (unpaired) electrons. The van der Waals surface area contributed by atoms with Gasteiger partial charge in [0.15, 0.2) is 0 Å². The van der Waals surface area contributed by atoms with Gasteiger partial charge < -0.3 is 0 Å². The van der Waals surface area contributed by atoms with Crippen molar-refractivity contribution < 1.29 is 0 Å². The molecule has 2 aliphatic rings. The fraction of sp³-hybridized carbons (Fsp3) is 0. The summed E-state index contributed by atoms with van der Waals surface area (Å²) < 4.78 is 4.96. The van der Waals surface area contributed by atoms with E-state index in [1.165, 1.54) is 17.0 Å². The number of rotatable bonds is 4. The van der Waals surface area contributed by atoms with Gasteiger partial charge in [-0.25, -0.2) is 0 Å². The van der Waals surface area contributed by atoms with Crippen LogP contribution in [0.25, 0.3) is 96.9 Å². The Bertz CT molecular complexity index is 2930. The Balaban J connectivity index is 1.39. The van der Waals surface area contributed by atoms with Crippen LogP contribution in [-0.2, 0) is 0 Å². The normalized spacial score (nSPS) is 12.0. The average molecular weight is 812 g/mol. The predicted octanol–water partition coefficient (Wildman–Crippen LogP) is 9.40. The summed E-state index contributed by atoms with van der Waals surface area (Å²) in [5, 5.41) is 0. The SMILES string of the molecule is C1=Cc2nc1c(-c1cccnc1)c1ccc([se]1)c(-c1cccnc1)c1nc(c3ccc([nH]3)c(-c3cccnc3)c3ccc([se]3)c2-c2cccnc2)C=C1. The summed E-state index contributed by atoms with van der Waals surface area (Å²) in [5.74, 6) is 0. The Kier molecular flexibility index (Phi) is 8.04. The van der Waals surface area contributed by atoms with Gasteiger partial charge in [0.1, 0.15) is 0 Å². The molecule has 53 heavy (non-hydrogen) atoms. The topological polar surface area (TPSA) is 93.1 Å². The van der Waals surface area contributed by atoms with Gasteiger partial charge in [-0.1, -0.05) is 0 Å². The molecule has 250 valence electrons. The van der Waals surface area contributed by atoms with Crippen molar-refractivity contribution in [2.24, 2.45) is 0 Å². The third-order valence-corrected chi connectivity index (χ3v) is 14.0. The van der Waals surface area contributed by atoms with Crippen LogP contribution in [0.15, 0.2) is 135 Å². The minimum absolute atomic E-state index is 0.0469. The Morgan fingerprint density at radius 3 is 1.13 bits per heavy atom. The molecule has 0 unspecified atom stereocenters. The van der Waals surface area contributed by atoms with E-state index in [9.17, 15) is 0 Å². The van der Waals surface area contributed by atoms with Crippen molar-refractivity contribution in [1.82, 2.24) is 34.9 Å². The van der Waals surface area contributed by atoms with E-state index in [4.69, 9.17) is 9.97 Å². The van der Waals surface area contributed by atoms with Gasteiger partial charge in [0.25, 0.3) is 0 Å². The van der Waals surface area contributed by atoms with E-state index in [0.29, 0.717) is 0 Å². The first-order valence-electron chi connectivity index (χ1n) is 17.1.